The average molecular weight is 393 g/mol. The quantitative estimate of drug-likeness (QED) is 0.741. The molecule has 2 fully saturated rings. The Labute approximate surface area is 169 Å². The van der Waals surface area contributed by atoms with Crippen LogP contribution in [0.5, 0.6) is 0 Å². The highest BCUT2D eigenvalue weighted by Crippen LogP contribution is 2.24. The van der Waals surface area contributed by atoms with E-state index in [1.807, 2.05) is 29.2 Å². The van der Waals surface area contributed by atoms with Gasteiger partial charge >= 0.3 is 0 Å². The number of hydrogen-bond donors (Lipinski definition) is 1. The Morgan fingerprint density at radius 2 is 1.83 bits per heavy atom. The first-order valence-corrected chi connectivity index (χ1v) is 10.7. The largest absolute Gasteiger partial charge is 0.349 e. The summed E-state index contributed by atoms with van der Waals surface area (Å²) >= 11 is 0. The van der Waals surface area contributed by atoms with E-state index in [1.54, 1.807) is 0 Å². The molecule has 1 N–H and O–H groups in total. The molecule has 3 heterocycles. The van der Waals surface area contributed by atoms with Gasteiger partial charge in [-0.05, 0) is 18.9 Å². The molecule has 2 aromatic heterocycles. The molecule has 2 aliphatic rings. The fraction of sp³-hybridized carbons (Fsp3) is 0.500. The van der Waals surface area contributed by atoms with Crippen LogP contribution in [0, 0.1) is 0 Å². The summed E-state index contributed by atoms with van der Waals surface area (Å²) in [6.07, 6.45) is 8.10. The summed E-state index contributed by atoms with van der Waals surface area (Å²) < 4.78 is 1.42. The summed E-state index contributed by atoms with van der Waals surface area (Å²) in [5.74, 6) is -0.00680. The Hall–Kier alpha value is -2.67. The van der Waals surface area contributed by atoms with Gasteiger partial charge in [0.1, 0.15) is 17.6 Å². The second-order valence-electron chi connectivity index (χ2n) is 8.28. The first-order valence-electron chi connectivity index (χ1n) is 10.7. The van der Waals surface area contributed by atoms with Crippen LogP contribution < -0.4 is 5.56 Å². The number of H-pyrrole nitrogens is 1. The fourth-order valence-corrected chi connectivity index (χ4v) is 4.88. The number of nitrogens with zero attached hydrogens (tertiary/aromatic N) is 4. The molecule has 29 heavy (non-hydrogen) atoms. The van der Waals surface area contributed by atoms with Crippen LogP contribution in [0.1, 0.15) is 32.1 Å². The first-order chi connectivity index (χ1) is 14.2. The minimum atomic E-state index is -0.194. The third kappa shape index (κ3) is 3.44. The summed E-state index contributed by atoms with van der Waals surface area (Å²) in [5.41, 5.74) is 1.81. The first kappa shape index (κ1) is 18.4. The molecular formula is C22H27N5O2. The van der Waals surface area contributed by atoms with Gasteiger partial charge in [-0.1, -0.05) is 37.5 Å². The lowest BCUT2D eigenvalue weighted by Gasteiger charge is -2.40. The van der Waals surface area contributed by atoms with Crippen LogP contribution in [-0.2, 0) is 11.3 Å². The van der Waals surface area contributed by atoms with Crippen LogP contribution in [0.3, 0.4) is 0 Å². The lowest BCUT2D eigenvalue weighted by Crippen LogP contribution is -2.53. The Kier molecular flexibility index (Phi) is 4.83. The third-order valence-corrected chi connectivity index (χ3v) is 6.54. The summed E-state index contributed by atoms with van der Waals surface area (Å²) in [4.78, 5) is 37.8. The second-order valence-corrected chi connectivity index (χ2v) is 8.28. The molecule has 0 unspecified atom stereocenters. The molecule has 0 radical (unpaired) electrons. The van der Waals surface area contributed by atoms with Crippen molar-refractivity contribution in [3.05, 3.63) is 40.9 Å². The molecule has 3 aromatic rings. The molecule has 1 aromatic carbocycles. The molecule has 1 aliphatic carbocycles. The van der Waals surface area contributed by atoms with Crippen LogP contribution in [0.25, 0.3) is 21.9 Å². The molecule has 5 rings (SSSR count). The summed E-state index contributed by atoms with van der Waals surface area (Å²) in [6, 6.07) is 8.42. The Morgan fingerprint density at radius 1 is 1.07 bits per heavy atom. The normalized spacial score (nSPS) is 19.2. The smallest absolute Gasteiger partial charge is 0.278 e. The highest BCUT2D eigenvalue weighted by molar-refractivity contribution is 6.04. The van der Waals surface area contributed by atoms with Gasteiger partial charge < -0.3 is 9.88 Å². The van der Waals surface area contributed by atoms with Gasteiger partial charge in [0.05, 0.1) is 6.33 Å². The third-order valence-electron chi connectivity index (χ3n) is 6.54. The maximum Gasteiger partial charge on any atom is 0.278 e. The van der Waals surface area contributed by atoms with E-state index in [2.05, 4.69) is 14.9 Å². The van der Waals surface area contributed by atoms with Crippen molar-refractivity contribution in [3.63, 3.8) is 0 Å². The van der Waals surface area contributed by atoms with Crippen molar-refractivity contribution >= 4 is 27.8 Å². The van der Waals surface area contributed by atoms with Gasteiger partial charge in [-0.25, -0.2) is 4.98 Å². The van der Waals surface area contributed by atoms with Crippen molar-refractivity contribution in [3.8, 4) is 0 Å². The van der Waals surface area contributed by atoms with Crippen molar-refractivity contribution in [1.29, 1.82) is 0 Å². The molecule has 152 valence electrons. The molecule has 0 bridgehead atoms. The molecule has 1 saturated carbocycles. The molecule has 0 spiro atoms. The van der Waals surface area contributed by atoms with E-state index >= 15 is 0 Å². The Morgan fingerprint density at radius 3 is 2.62 bits per heavy atom. The maximum atomic E-state index is 12.9. The van der Waals surface area contributed by atoms with Gasteiger partial charge in [-0.15, -0.1) is 0 Å². The van der Waals surface area contributed by atoms with Crippen molar-refractivity contribution in [2.45, 2.75) is 44.7 Å². The number of rotatable bonds is 3. The number of aromatic nitrogens is 3. The van der Waals surface area contributed by atoms with E-state index in [-0.39, 0.29) is 18.0 Å². The number of piperazine rings is 1. The summed E-state index contributed by atoms with van der Waals surface area (Å²) in [5, 5.41) is 0.928. The zero-order valence-corrected chi connectivity index (χ0v) is 16.6. The molecule has 0 atom stereocenters. The lowest BCUT2D eigenvalue weighted by molar-refractivity contribution is -0.134. The van der Waals surface area contributed by atoms with Gasteiger partial charge in [0.15, 0.2) is 0 Å². The van der Waals surface area contributed by atoms with Crippen molar-refractivity contribution in [1.82, 2.24) is 24.3 Å². The summed E-state index contributed by atoms with van der Waals surface area (Å²) in [7, 11) is 0. The van der Waals surface area contributed by atoms with Crippen molar-refractivity contribution < 1.29 is 4.79 Å². The van der Waals surface area contributed by atoms with Crippen LogP contribution in [-0.4, -0.2) is 62.5 Å². The lowest BCUT2D eigenvalue weighted by atomic mass is 9.94. The monoisotopic (exact) mass is 393 g/mol. The SMILES string of the molecule is O=C(Cn1cnc2c([nH]c3ccccc32)c1=O)N1CCN(C2CCCCC2)CC1. The minimum absolute atomic E-state index is 0.00680. The average Bonchev–Trinajstić information content (AvgIpc) is 3.16. The molecule has 7 nitrogen and oxygen atoms in total. The molecular weight excluding hydrogens is 366 g/mol. The van der Waals surface area contributed by atoms with E-state index in [0.29, 0.717) is 17.1 Å². The number of nitrogens with one attached hydrogen (secondary N) is 1. The molecule has 1 aliphatic heterocycles. The van der Waals surface area contributed by atoms with Crippen LogP contribution in [0.15, 0.2) is 35.4 Å². The van der Waals surface area contributed by atoms with Gasteiger partial charge in [-0.2, -0.15) is 0 Å². The van der Waals surface area contributed by atoms with Crippen LogP contribution >= 0.6 is 0 Å². The van der Waals surface area contributed by atoms with Gasteiger partial charge in [-0.3, -0.25) is 19.1 Å². The predicted octanol–water partition coefficient (Wildman–Crippen LogP) is 2.35. The van der Waals surface area contributed by atoms with E-state index in [0.717, 1.165) is 37.1 Å². The fourth-order valence-electron chi connectivity index (χ4n) is 4.88. The summed E-state index contributed by atoms with van der Waals surface area (Å²) in [6.45, 7) is 3.40. The van der Waals surface area contributed by atoms with E-state index in [1.165, 1.54) is 43.0 Å². The zero-order valence-electron chi connectivity index (χ0n) is 16.6. The number of fused-ring (bicyclic) bond motifs is 3. The minimum Gasteiger partial charge on any atom is -0.349 e. The Bertz CT molecular complexity index is 1090. The van der Waals surface area contributed by atoms with Crippen molar-refractivity contribution in [2.24, 2.45) is 0 Å². The predicted molar refractivity (Wildman–Crippen MR) is 113 cm³/mol. The van der Waals surface area contributed by atoms with Gasteiger partial charge in [0.2, 0.25) is 5.91 Å². The highest BCUT2D eigenvalue weighted by atomic mass is 16.2. The number of carbonyl (C=O) groups excluding carboxylic acids is 1. The van der Waals surface area contributed by atoms with Crippen molar-refractivity contribution in [2.75, 3.05) is 26.2 Å². The van der Waals surface area contributed by atoms with Crippen LogP contribution in [0.4, 0.5) is 0 Å². The van der Waals surface area contributed by atoms with E-state index < -0.39 is 0 Å². The molecule has 7 heteroatoms. The molecule has 1 saturated heterocycles. The Balaban J connectivity index is 1.28. The maximum absolute atomic E-state index is 12.9. The standard InChI is InChI=1S/C22H27N5O2/c28-19(26-12-10-25(11-13-26)16-6-2-1-3-7-16)14-27-15-23-20-17-8-4-5-9-18(17)24-21(20)22(27)29/h4-5,8-9,15-16,24H,1-3,6-7,10-14H2. The highest BCUT2D eigenvalue weighted by Gasteiger charge is 2.27. The number of aromatic amines is 1. The van der Waals surface area contributed by atoms with Gasteiger partial charge in [0.25, 0.3) is 5.56 Å². The van der Waals surface area contributed by atoms with Crippen LogP contribution in [0.2, 0.25) is 0 Å². The van der Waals surface area contributed by atoms with E-state index in [9.17, 15) is 9.59 Å². The van der Waals surface area contributed by atoms with Gasteiger partial charge in [0, 0.05) is 43.1 Å². The number of benzene rings is 1. The zero-order chi connectivity index (χ0) is 19.8. The molecule has 1 amide bonds. The van der Waals surface area contributed by atoms with E-state index in [4.69, 9.17) is 0 Å². The number of hydrogen-bond acceptors (Lipinski definition) is 4. The number of amides is 1. The number of carbonyl (C=O) groups is 1. The topological polar surface area (TPSA) is 74.2 Å². The second kappa shape index (κ2) is 7.63. The number of para-hydroxylation sites is 1.